The SMILES string of the molecule is CCCCC1CCC(CCC(C)C)(CNC(C)(C)C)CC1. The standard InChI is InChI=1S/C20H41N/c1-7-8-9-18-11-14-20(15-12-18,13-10-17(2)3)16-21-19(4,5)6/h17-18,21H,7-16H2,1-6H3. The van der Waals surface area contributed by atoms with Crippen LogP contribution in [0.15, 0.2) is 0 Å². The minimum Gasteiger partial charge on any atom is -0.312 e. The van der Waals surface area contributed by atoms with Crippen LogP contribution in [0.4, 0.5) is 0 Å². The summed E-state index contributed by atoms with van der Waals surface area (Å²) in [5, 5.41) is 3.81. The maximum Gasteiger partial charge on any atom is 0.00967 e. The fraction of sp³-hybridized carbons (Fsp3) is 1.00. The first-order valence-electron chi connectivity index (χ1n) is 9.51. The lowest BCUT2D eigenvalue weighted by Crippen LogP contribution is -2.45. The van der Waals surface area contributed by atoms with E-state index in [1.807, 2.05) is 0 Å². The van der Waals surface area contributed by atoms with Crippen LogP contribution in [0.2, 0.25) is 0 Å². The summed E-state index contributed by atoms with van der Waals surface area (Å²) in [7, 11) is 0. The first-order chi connectivity index (χ1) is 9.76. The van der Waals surface area contributed by atoms with Gasteiger partial charge in [0.2, 0.25) is 0 Å². The summed E-state index contributed by atoms with van der Waals surface area (Å²) in [6, 6.07) is 0. The molecule has 0 radical (unpaired) electrons. The van der Waals surface area contributed by atoms with Crippen molar-refractivity contribution in [1.29, 1.82) is 0 Å². The summed E-state index contributed by atoms with van der Waals surface area (Å²) in [6.07, 6.45) is 13.0. The normalized spacial score (nSPS) is 27.3. The van der Waals surface area contributed by atoms with E-state index < -0.39 is 0 Å². The van der Waals surface area contributed by atoms with Gasteiger partial charge >= 0.3 is 0 Å². The van der Waals surface area contributed by atoms with E-state index in [0.29, 0.717) is 5.41 Å². The van der Waals surface area contributed by atoms with Crippen LogP contribution < -0.4 is 5.32 Å². The summed E-state index contributed by atoms with van der Waals surface area (Å²) >= 11 is 0. The van der Waals surface area contributed by atoms with E-state index in [1.165, 1.54) is 64.3 Å². The molecular formula is C20H41N. The highest BCUT2D eigenvalue weighted by Gasteiger charge is 2.35. The zero-order valence-electron chi connectivity index (χ0n) is 15.7. The molecule has 1 heteroatoms. The molecule has 0 aromatic rings. The Kier molecular flexibility index (Phi) is 7.74. The third-order valence-corrected chi connectivity index (χ3v) is 5.38. The van der Waals surface area contributed by atoms with Crippen molar-refractivity contribution in [2.45, 2.75) is 105 Å². The van der Waals surface area contributed by atoms with E-state index in [4.69, 9.17) is 0 Å². The molecule has 1 aliphatic rings. The Hall–Kier alpha value is -0.0400. The second-order valence-corrected chi connectivity index (χ2v) is 9.12. The minimum atomic E-state index is 0.254. The molecule has 0 amide bonds. The van der Waals surface area contributed by atoms with Crippen molar-refractivity contribution in [3.63, 3.8) is 0 Å². The minimum absolute atomic E-state index is 0.254. The zero-order valence-corrected chi connectivity index (χ0v) is 15.7. The van der Waals surface area contributed by atoms with Crippen molar-refractivity contribution in [2.24, 2.45) is 17.3 Å². The van der Waals surface area contributed by atoms with Gasteiger partial charge in [-0.2, -0.15) is 0 Å². The van der Waals surface area contributed by atoms with Gasteiger partial charge in [-0.15, -0.1) is 0 Å². The molecule has 1 nitrogen and oxygen atoms in total. The monoisotopic (exact) mass is 295 g/mol. The van der Waals surface area contributed by atoms with Gasteiger partial charge in [-0.05, 0) is 70.1 Å². The number of hydrogen-bond acceptors (Lipinski definition) is 1. The fourth-order valence-electron chi connectivity index (χ4n) is 3.63. The van der Waals surface area contributed by atoms with E-state index in [0.717, 1.165) is 11.8 Å². The van der Waals surface area contributed by atoms with E-state index in [9.17, 15) is 0 Å². The lowest BCUT2D eigenvalue weighted by molar-refractivity contribution is 0.111. The number of unbranched alkanes of at least 4 members (excludes halogenated alkanes) is 1. The molecule has 0 unspecified atom stereocenters. The van der Waals surface area contributed by atoms with E-state index >= 15 is 0 Å². The first kappa shape index (κ1) is 19.0. The summed E-state index contributed by atoms with van der Waals surface area (Å²) in [4.78, 5) is 0. The lowest BCUT2D eigenvalue weighted by atomic mass is 9.66. The Bertz CT molecular complexity index is 266. The third-order valence-electron chi connectivity index (χ3n) is 5.38. The van der Waals surface area contributed by atoms with Gasteiger partial charge in [0.05, 0.1) is 0 Å². The Morgan fingerprint density at radius 3 is 2.24 bits per heavy atom. The second-order valence-electron chi connectivity index (χ2n) is 9.12. The fourth-order valence-corrected chi connectivity index (χ4v) is 3.63. The van der Waals surface area contributed by atoms with E-state index in [-0.39, 0.29) is 5.54 Å². The van der Waals surface area contributed by atoms with Gasteiger partial charge in [-0.3, -0.25) is 0 Å². The molecule has 0 aromatic heterocycles. The van der Waals surface area contributed by atoms with Crippen molar-refractivity contribution in [3.8, 4) is 0 Å². The van der Waals surface area contributed by atoms with Gasteiger partial charge in [0.1, 0.15) is 0 Å². The number of nitrogens with one attached hydrogen (secondary N) is 1. The van der Waals surface area contributed by atoms with Gasteiger partial charge < -0.3 is 5.32 Å². The third kappa shape index (κ3) is 7.68. The highest BCUT2D eigenvalue weighted by molar-refractivity contribution is 4.89. The van der Waals surface area contributed by atoms with Gasteiger partial charge in [0.15, 0.2) is 0 Å². The summed E-state index contributed by atoms with van der Waals surface area (Å²) in [5.41, 5.74) is 0.837. The van der Waals surface area contributed by atoms with Crippen LogP contribution in [0.3, 0.4) is 0 Å². The van der Waals surface area contributed by atoms with Crippen molar-refractivity contribution in [2.75, 3.05) is 6.54 Å². The Morgan fingerprint density at radius 2 is 1.76 bits per heavy atom. The van der Waals surface area contributed by atoms with Crippen molar-refractivity contribution in [3.05, 3.63) is 0 Å². The van der Waals surface area contributed by atoms with Crippen LogP contribution >= 0.6 is 0 Å². The largest absolute Gasteiger partial charge is 0.312 e. The van der Waals surface area contributed by atoms with E-state index in [2.05, 4.69) is 46.9 Å². The van der Waals surface area contributed by atoms with Crippen LogP contribution in [0.1, 0.15) is 99.3 Å². The molecule has 0 aromatic carbocycles. The molecule has 0 bridgehead atoms. The Labute approximate surface area is 134 Å². The zero-order chi connectivity index (χ0) is 15.9. The Morgan fingerprint density at radius 1 is 1.14 bits per heavy atom. The summed E-state index contributed by atoms with van der Waals surface area (Å²) in [6.45, 7) is 15.2. The molecule has 0 spiro atoms. The Balaban J connectivity index is 2.54. The molecule has 126 valence electrons. The molecule has 1 rings (SSSR count). The summed E-state index contributed by atoms with van der Waals surface area (Å²) in [5.74, 6) is 1.86. The van der Waals surface area contributed by atoms with Crippen LogP contribution in [-0.2, 0) is 0 Å². The molecule has 0 atom stereocenters. The van der Waals surface area contributed by atoms with Crippen LogP contribution in [-0.4, -0.2) is 12.1 Å². The van der Waals surface area contributed by atoms with E-state index in [1.54, 1.807) is 0 Å². The predicted molar refractivity (Wildman–Crippen MR) is 95.7 cm³/mol. The average molecular weight is 296 g/mol. The second kappa shape index (κ2) is 8.56. The first-order valence-corrected chi connectivity index (χ1v) is 9.51. The molecule has 1 saturated carbocycles. The molecule has 0 aliphatic heterocycles. The highest BCUT2D eigenvalue weighted by atomic mass is 15.0. The van der Waals surface area contributed by atoms with Crippen molar-refractivity contribution in [1.82, 2.24) is 5.32 Å². The average Bonchev–Trinajstić information content (AvgIpc) is 2.42. The molecular weight excluding hydrogens is 254 g/mol. The lowest BCUT2D eigenvalue weighted by Gasteiger charge is -2.43. The number of rotatable bonds is 8. The van der Waals surface area contributed by atoms with Crippen LogP contribution in [0, 0.1) is 17.3 Å². The maximum absolute atomic E-state index is 3.81. The van der Waals surface area contributed by atoms with Gasteiger partial charge in [-0.25, -0.2) is 0 Å². The molecule has 1 aliphatic carbocycles. The molecule has 21 heavy (non-hydrogen) atoms. The van der Waals surface area contributed by atoms with Crippen LogP contribution in [0.5, 0.6) is 0 Å². The van der Waals surface area contributed by atoms with Gasteiger partial charge in [-0.1, -0.05) is 46.5 Å². The van der Waals surface area contributed by atoms with Crippen molar-refractivity contribution >= 4 is 0 Å². The molecule has 1 fully saturated rings. The quantitative estimate of drug-likeness (QED) is 0.564. The summed E-state index contributed by atoms with van der Waals surface area (Å²) < 4.78 is 0. The number of hydrogen-bond donors (Lipinski definition) is 1. The van der Waals surface area contributed by atoms with Crippen molar-refractivity contribution < 1.29 is 0 Å². The molecule has 0 heterocycles. The highest BCUT2D eigenvalue weighted by Crippen LogP contribution is 2.44. The van der Waals surface area contributed by atoms with Gasteiger partial charge in [0.25, 0.3) is 0 Å². The smallest absolute Gasteiger partial charge is 0.00967 e. The van der Waals surface area contributed by atoms with Gasteiger partial charge in [0, 0.05) is 12.1 Å². The molecule has 0 saturated heterocycles. The topological polar surface area (TPSA) is 12.0 Å². The maximum atomic E-state index is 3.81. The predicted octanol–water partition coefficient (Wildman–Crippen LogP) is 6.18. The van der Waals surface area contributed by atoms with Crippen LogP contribution in [0.25, 0.3) is 0 Å². The molecule has 1 N–H and O–H groups in total.